The molecule has 1 aromatic carbocycles. The Morgan fingerprint density at radius 2 is 1.98 bits per heavy atom. The zero-order valence-electron chi connectivity index (χ0n) is 22.6. The van der Waals surface area contributed by atoms with E-state index in [1.165, 1.54) is 12.3 Å². The molecule has 43 heavy (non-hydrogen) atoms. The Kier molecular flexibility index (Phi) is 9.59. The number of oxime groups is 1. The number of thiazole rings is 1. The molecule has 4 rings (SSSR count). The summed E-state index contributed by atoms with van der Waals surface area (Å²) in [6.07, 6.45) is 2.73. The number of carboxylic acids is 1. The number of nitrogens with one attached hydrogen (secondary N) is 1. The van der Waals surface area contributed by atoms with Crippen LogP contribution in [-0.2, 0) is 36.1 Å². The Hall–Kier alpha value is -4.59. The van der Waals surface area contributed by atoms with Crippen LogP contribution in [0.5, 0.6) is 5.75 Å². The maximum atomic E-state index is 13.0. The molecule has 17 nitrogen and oxygen atoms in total. The molecule has 3 aromatic rings. The van der Waals surface area contributed by atoms with E-state index in [9.17, 15) is 27.9 Å². The van der Waals surface area contributed by atoms with Crippen LogP contribution in [0.15, 0.2) is 47.2 Å². The summed E-state index contributed by atoms with van der Waals surface area (Å²) in [5.41, 5.74) is 12.3. The number of β-lactam (4-membered cyclic amide) rings is 1. The number of aryl methyl sites for hydroxylation is 1. The highest BCUT2D eigenvalue weighted by atomic mass is 32.2. The molecule has 0 spiro atoms. The summed E-state index contributed by atoms with van der Waals surface area (Å²) in [5.74, 6) is -3.22. The standard InChI is InChI=1S/C24H28N8O9S2/c1-13-19(22(34)32(13)43(37,38)39)29-21(33)20(17-12-42-24(26)28-17)30-41-18(23(35)36)11-40-16-5-3-14(4-6-16)15-9-27-31(10-15)8-2-7-25/h3-6,9-10,12-13,18-19H,2,7-8,11,25H2,1H3,(H2,26,28)(H,29,33)(H,35,36)(H,37,38,39)/b30-20-/t13-,18+,19+/m1/s1. The van der Waals surface area contributed by atoms with E-state index in [1.54, 1.807) is 35.1 Å². The molecule has 1 saturated heterocycles. The number of nitrogens with zero attached hydrogens (tertiary/aromatic N) is 5. The fraction of sp³-hybridized carbons (Fsp3) is 0.333. The molecule has 1 aliphatic rings. The Morgan fingerprint density at radius 3 is 2.56 bits per heavy atom. The smallest absolute Gasteiger partial charge is 0.362 e. The molecule has 0 radical (unpaired) electrons. The molecule has 0 saturated carbocycles. The number of rotatable bonds is 14. The number of carbonyl (C=O) groups is 3. The Bertz CT molecular complexity index is 1620. The summed E-state index contributed by atoms with van der Waals surface area (Å²) in [5, 5.41) is 21.3. The van der Waals surface area contributed by atoms with E-state index in [1.807, 2.05) is 6.20 Å². The number of carboxylic acid groups (broad SMARTS) is 1. The van der Waals surface area contributed by atoms with Crippen molar-refractivity contribution in [2.24, 2.45) is 10.9 Å². The summed E-state index contributed by atoms with van der Waals surface area (Å²) < 4.78 is 39.4. The number of carbonyl (C=O) groups excluding carboxylic acids is 2. The van der Waals surface area contributed by atoms with Gasteiger partial charge >= 0.3 is 16.3 Å². The first-order chi connectivity index (χ1) is 20.4. The summed E-state index contributed by atoms with van der Waals surface area (Å²) in [7, 11) is -4.82. The van der Waals surface area contributed by atoms with Gasteiger partial charge in [0, 0.05) is 23.7 Å². The number of aliphatic carboxylic acids is 1. The number of aromatic nitrogens is 3. The Morgan fingerprint density at radius 1 is 1.26 bits per heavy atom. The minimum Gasteiger partial charge on any atom is -0.489 e. The van der Waals surface area contributed by atoms with Crippen molar-refractivity contribution in [2.45, 2.75) is 38.1 Å². The van der Waals surface area contributed by atoms with Crippen molar-refractivity contribution < 1.29 is 42.0 Å². The van der Waals surface area contributed by atoms with Crippen LogP contribution < -0.4 is 21.5 Å². The third kappa shape index (κ3) is 7.44. The van der Waals surface area contributed by atoms with E-state index >= 15 is 0 Å². The van der Waals surface area contributed by atoms with E-state index in [4.69, 9.17) is 25.6 Å². The lowest BCUT2D eigenvalue weighted by Gasteiger charge is -2.42. The fourth-order valence-electron chi connectivity index (χ4n) is 3.98. The first-order valence-corrected chi connectivity index (χ1v) is 14.9. The van der Waals surface area contributed by atoms with E-state index in [2.05, 4.69) is 20.6 Å². The summed E-state index contributed by atoms with van der Waals surface area (Å²) in [6, 6.07) is 4.40. The number of hydrogen-bond donors (Lipinski definition) is 5. The molecule has 3 heterocycles. The largest absolute Gasteiger partial charge is 0.489 e. The lowest BCUT2D eigenvalue weighted by atomic mass is 10.0. The van der Waals surface area contributed by atoms with Crippen LogP contribution in [0.1, 0.15) is 19.0 Å². The van der Waals surface area contributed by atoms with Crippen molar-refractivity contribution in [1.29, 1.82) is 0 Å². The van der Waals surface area contributed by atoms with Crippen molar-refractivity contribution in [2.75, 3.05) is 18.9 Å². The van der Waals surface area contributed by atoms with Gasteiger partial charge in [-0.1, -0.05) is 17.3 Å². The third-order valence-corrected chi connectivity index (χ3v) is 7.89. The maximum absolute atomic E-state index is 13.0. The van der Waals surface area contributed by atoms with Gasteiger partial charge in [0.05, 0.1) is 12.2 Å². The van der Waals surface area contributed by atoms with E-state index in [0.717, 1.165) is 28.9 Å². The summed E-state index contributed by atoms with van der Waals surface area (Å²) in [4.78, 5) is 46.1. The second kappa shape index (κ2) is 13.2. The van der Waals surface area contributed by atoms with Gasteiger partial charge in [-0.2, -0.15) is 13.5 Å². The van der Waals surface area contributed by atoms with Crippen molar-refractivity contribution in [3.63, 3.8) is 0 Å². The number of hydrogen-bond acceptors (Lipinski definition) is 13. The van der Waals surface area contributed by atoms with Gasteiger partial charge < -0.3 is 31.5 Å². The van der Waals surface area contributed by atoms with Crippen LogP contribution in [0.4, 0.5) is 5.13 Å². The van der Waals surface area contributed by atoms with E-state index < -0.39 is 58.6 Å². The van der Waals surface area contributed by atoms with Gasteiger partial charge in [0.2, 0.25) is 0 Å². The van der Waals surface area contributed by atoms with Crippen molar-refractivity contribution in [3.05, 3.63) is 47.7 Å². The van der Waals surface area contributed by atoms with E-state index in [-0.39, 0.29) is 15.1 Å². The number of benzene rings is 1. The van der Waals surface area contributed by atoms with Gasteiger partial charge in [0.15, 0.2) is 10.8 Å². The molecule has 1 fully saturated rings. The van der Waals surface area contributed by atoms with Gasteiger partial charge in [-0.15, -0.1) is 11.3 Å². The minimum atomic E-state index is -4.82. The van der Waals surface area contributed by atoms with Crippen LogP contribution >= 0.6 is 11.3 Å². The SMILES string of the molecule is C[C@@H]1[C@H](NC(=O)/C(=N\O[C@@H](COc2ccc(-c3cnn(CCCN)c3)cc2)C(=O)O)c2csc(N)n2)C(=O)N1S(=O)(=O)O. The zero-order chi connectivity index (χ0) is 31.3. The van der Waals surface area contributed by atoms with Crippen LogP contribution in [0.2, 0.25) is 0 Å². The lowest BCUT2D eigenvalue weighted by Crippen LogP contribution is -2.71. The minimum absolute atomic E-state index is 0.0607. The highest BCUT2D eigenvalue weighted by Gasteiger charge is 2.51. The second-order valence-corrected chi connectivity index (χ2v) is 11.4. The summed E-state index contributed by atoms with van der Waals surface area (Å²) >= 11 is 0.957. The Labute approximate surface area is 248 Å². The topological polar surface area (TPSA) is 255 Å². The van der Waals surface area contributed by atoms with E-state index in [0.29, 0.717) is 18.8 Å². The zero-order valence-corrected chi connectivity index (χ0v) is 24.2. The number of amides is 2. The maximum Gasteiger partial charge on any atom is 0.362 e. The average molecular weight is 637 g/mol. The molecule has 19 heteroatoms. The first-order valence-electron chi connectivity index (χ1n) is 12.6. The average Bonchev–Trinajstić information content (AvgIpc) is 3.61. The molecule has 230 valence electrons. The summed E-state index contributed by atoms with van der Waals surface area (Å²) in [6.45, 7) is 2.04. The highest BCUT2D eigenvalue weighted by molar-refractivity contribution is 7.84. The second-order valence-electron chi connectivity index (χ2n) is 9.22. The van der Waals surface area contributed by atoms with Gasteiger partial charge in [-0.3, -0.25) is 18.8 Å². The van der Waals surface area contributed by atoms with Crippen LogP contribution in [0.25, 0.3) is 11.1 Å². The van der Waals surface area contributed by atoms with Crippen molar-refractivity contribution in [1.82, 2.24) is 24.4 Å². The van der Waals surface area contributed by atoms with Gasteiger partial charge in [-0.05, 0) is 37.6 Å². The van der Waals surface area contributed by atoms with Gasteiger partial charge in [0.1, 0.15) is 24.1 Å². The number of nitrogens with two attached hydrogens (primary N) is 2. The molecule has 3 atom stereocenters. The predicted octanol–water partition coefficient (Wildman–Crippen LogP) is -0.291. The third-order valence-electron chi connectivity index (χ3n) is 6.21. The highest BCUT2D eigenvalue weighted by Crippen LogP contribution is 2.24. The van der Waals surface area contributed by atoms with Crippen molar-refractivity contribution in [3.8, 4) is 16.9 Å². The lowest BCUT2D eigenvalue weighted by molar-refractivity contribution is -0.152. The molecule has 7 N–H and O–H groups in total. The molecule has 0 unspecified atom stereocenters. The van der Waals surface area contributed by atoms with Crippen LogP contribution in [0, 0.1) is 0 Å². The molecular formula is C24H28N8O9S2. The number of nitrogen functional groups attached to an aromatic ring is 1. The van der Waals surface area contributed by atoms with Crippen LogP contribution in [-0.4, -0.2) is 92.0 Å². The molecule has 2 amide bonds. The predicted molar refractivity (Wildman–Crippen MR) is 152 cm³/mol. The number of ether oxygens (including phenoxy) is 1. The molecule has 2 aromatic heterocycles. The Balaban J connectivity index is 1.42. The quantitative estimate of drug-likeness (QED) is 0.0660. The molecule has 0 bridgehead atoms. The van der Waals surface area contributed by atoms with Gasteiger partial charge in [-0.25, -0.2) is 14.1 Å². The molecular weight excluding hydrogens is 608 g/mol. The van der Waals surface area contributed by atoms with Crippen LogP contribution in [0.3, 0.4) is 0 Å². The van der Waals surface area contributed by atoms with Crippen molar-refractivity contribution >= 4 is 50.3 Å². The molecule has 0 aliphatic carbocycles. The first kappa shape index (κ1) is 31.3. The monoisotopic (exact) mass is 636 g/mol. The number of anilines is 1. The van der Waals surface area contributed by atoms with Gasteiger partial charge in [0.25, 0.3) is 17.9 Å². The fourth-order valence-corrected chi connectivity index (χ4v) is 5.41. The molecule has 1 aliphatic heterocycles. The normalized spacial score (nSPS) is 17.7.